The number of ether oxygens (including phenoxy) is 3. The average Bonchev–Trinajstić information content (AvgIpc) is 2.53. The molecule has 0 atom stereocenters. The minimum atomic E-state index is -1.02. The number of halogens is 10. The number of anilines is 2. The van der Waals surface area contributed by atoms with E-state index in [9.17, 15) is 33.9 Å². The van der Waals surface area contributed by atoms with Crippen molar-refractivity contribution in [1.29, 1.82) is 0 Å². The summed E-state index contributed by atoms with van der Waals surface area (Å²) in [6, 6.07) is 36.5. The van der Waals surface area contributed by atoms with Crippen LogP contribution in [0.4, 0.5) is 11.4 Å². The van der Waals surface area contributed by atoms with Crippen molar-refractivity contribution in [2.75, 3.05) is 32.4 Å². The number of nitrogen functional groups attached to an aromatic ring is 1. The summed E-state index contributed by atoms with van der Waals surface area (Å²) in [6.07, 6.45) is 0. The summed E-state index contributed by atoms with van der Waals surface area (Å²) in [7, 11) is 3.83. The number of methoxy groups -OCH3 is 3. The summed E-state index contributed by atoms with van der Waals surface area (Å²) in [5.74, 6) is -2.67. The van der Waals surface area contributed by atoms with Crippen molar-refractivity contribution in [3.05, 3.63) is 219 Å². The lowest BCUT2D eigenvalue weighted by molar-refractivity contribution is 0.0591. The number of rotatable bonds is 9. The lowest BCUT2D eigenvalue weighted by Gasteiger charge is -2.09. The van der Waals surface area contributed by atoms with Gasteiger partial charge in [0.1, 0.15) is 22.5 Å². The summed E-state index contributed by atoms with van der Waals surface area (Å²) >= 11 is 51.9. The molecule has 0 radical (unpaired) electrons. The summed E-state index contributed by atoms with van der Waals surface area (Å²) in [4.78, 5) is 76.0. The minimum absolute atomic E-state index is 0. The Morgan fingerprint density at radius 3 is 1.17 bits per heavy atom. The second kappa shape index (κ2) is 32.1. The highest BCUT2D eigenvalue weighted by molar-refractivity contribution is 6.68. The van der Waals surface area contributed by atoms with Crippen LogP contribution in [-0.4, -0.2) is 81.6 Å². The zero-order valence-electron chi connectivity index (χ0n) is 44.5. The molecule has 87 heavy (non-hydrogen) atoms. The van der Waals surface area contributed by atoms with Gasteiger partial charge in [-0.3, -0.25) is 9.59 Å². The van der Waals surface area contributed by atoms with Crippen molar-refractivity contribution >= 4 is 185 Å². The second-order valence-electron chi connectivity index (χ2n) is 17.0. The van der Waals surface area contributed by atoms with Crippen molar-refractivity contribution in [3.63, 3.8) is 0 Å². The molecule has 28 heteroatoms. The fourth-order valence-electron chi connectivity index (χ4n) is 7.05. The molecule has 0 fully saturated rings. The standard InChI is InChI=1S/C15H11Cl2NO4.C15H9Cl2NO3.C14H7Cl2NO3.C8H9NO3.C7H3Cl3O.ClH/c1-22-15(21)8-2-3-12(13(19)6-8)18-14(20)9-4-10(16)7-11(17)5-9;1-20-15(19)8-2-3-12-13(6-8)21-14(18-12)9-4-10(16)7-11(17)5-9;15-9-3-8(4-10(16)6-9)13-17-11-2-1-7(14(18)19)5-12(11)20-13;1-12-8(11)5-2-3-6(9)7(10)4-5;8-5-1-4(7(10)11)2-6(9)3-5;/h2-7,19H,1H3,(H,18,20);2-7H,1H3;1-6H,(H,18,19);2-4,10H,9H2,1H3;1-3H;1H. The number of hydrogen-bond donors (Lipinski definition) is 5. The fourth-order valence-corrected chi connectivity index (χ4v) is 9.26. The van der Waals surface area contributed by atoms with Gasteiger partial charge in [-0.2, -0.15) is 0 Å². The molecule has 2 aromatic heterocycles. The Morgan fingerprint density at radius 1 is 0.448 bits per heavy atom. The van der Waals surface area contributed by atoms with Gasteiger partial charge >= 0.3 is 23.9 Å². The normalized spacial score (nSPS) is 10.2. The Bertz CT molecular complexity index is 4140. The number of aromatic hydroxyl groups is 2. The SMILES string of the molecule is COC(=O)c1ccc(N)c(O)c1.COC(=O)c1ccc(NC(=O)c2cc(Cl)cc(Cl)c2)c(O)c1.COC(=O)c1ccc2nc(-c3cc(Cl)cc(Cl)c3)oc2c1.Cl.O=C(Cl)c1cc(Cl)cc(Cl)c1.O=C(O)c1ccc2nc(-c3cc(Cl)cc(Cl)c3)oc2c1. The van der Waals surface area contributed by atoms with E-state index in [2.05, 4.69) is 29.5 Å². The predicted octanol–water partition coefficient (Wildman–Crippen LogP) is 17.4. The number of phenolic OH excluding ortho intramolecular Hbond substituents is 2. The molecule has 0 unspecified atom stereocenters. The highest BCUT2D eigenvalue weighted by Gasteiger charge is 2.17. The molecule has 1 amide bonds. The molecule has 0 aliphatic rings. The first-order valence-corrected chi connectivity index (χ1v) is 27.2. The van der Waals surface area contributed by atoms with E-state index in [1.54, 1.807) is 60.7 Å². The van der Waals surface area contributed by atoms with Crippen LogP contribution < -0.4 is 11.1 Å². The van der Waals surface area contributed by atoms with E-state index in [-0.39, 0.29) is 57.5 Å². The first-order chi connectivity index (χ1) is 40.7. The number of aromatic nitrogens is 2. The molecule has 0 spiro atoms. The number of carboxylic acids is 1. The Labute approximate surface area is 544 Å². The summed E-state index contributed by atoms with van der Waals surface area (Å²) in [5, 5.41) is 33.3. The minimum Gasteiger partial charge on any atom is -0.506 e. The Morgan fingerprint density at radius 2 is 0.793 bits per heavy atom. The largest absolute Gasteiger partial charge is 0.506 e. The number of nitrogens with zero attached hydrogens (tertiary/aromatic N) is 2. The third-order valence-electron chi connectivity index (χ3n) is 11.0. The highest BCUT2D eigenvalue weighted by atomic mass is 35.5. The number of benzene rings is 8. The number of nitrogens with one attached hydrogen (secondary N) is 1. The molecular formula is C59H40Cl10N4O14. The molecule has 0 saturated heterocycles. The van der Waals surface area contributed by atoms with Crippen molar-refractivity contribution in [2.24, 2.45) is 0 Å². The number of amides is 1. The van der Waals surface area contributed by atoms with E-state index >= 15 is 0 Å². The summed E-state index contributed by atoms with van der Waals surface area (Å²) in [5.41, 5.74) is 10.7. The molecule has 0 bridgehead atoms. The number of carboxylic acid groups (broad SMARTS) is 1. The van der Waals surface area contributed by atoms with Crippen LogP contribution in [0, 0.1) is 0 Å². The average molecular weight is 1380 g/mol. The van der Waals surface area contributed by atoms with Crippen LogP contribution in [0.1, 0.15) is 62.1 Å². The van der Waals surface area contributed by atoms with Crippen LogP contribution in [0.25, 0.3) is 45.1 Å². The monoisotopic (exact) mass is 1380 g/mol. The number of esters is 3. The quantitative estimate of drug-likeness (QED) is 0.0295. The lowest BCUT2D eigenvalue weighted by atomic mass is 10.1. The maximum Gasteiger partial charge on any atom is 0.337 e. The molecule has 2 heterocycles. The van der Waals surface area contributed by atoms with Gasteiger partial charge in [0.2, 0.25) is 11.8 Å². The van der Waals surface area contributed by atoms with Gasteiger partial charge in [-0.1, -0.05) is 92.8 Å². The molecule has 10 aromatic rings. The van der Waals surface area contributed by atoms with Crippen LogP contribution in [0.3, 0.4) is 0 Å². The predicted molar refractivity (Wildman–Crippen MR) is 339 cm³/mol. The first-order valence-electron chi connectivity index (χ1n) is 23.8. The van der Waals surface area contributed by atoms with Crippen LogP contribution in [0.5, 0.6) is 11.5 Å². The summed E-state index contributed by atoms with van der Waals surface area (Å²) < 4.78 is 24.9. The van der Waals surface area contributed by atoms with Gasteiger partial charge in [-0.25, -0.2) is 29.1 Å². The van der Waals surface area contributed by atoms with E-state index in [1.807, 2.05) is 0 Å². The first kappa shape index (κ1) is 69.8. The van der Waals surface area contributed by atoms with Gasteiger partial charge in [0, 0.05) is 62.4 Å². The molecule has 0 aliphatic carbocycles. The molecular weight excluding hydrogens is 1340 g/mol. The maximum atomic E-state index is 12.1. The van der Waals surface area contributed by atoms with Crippen LogP contribution in [0.15, 0.2) is 154 Å². The Balaban J connectivity index is 0.000000203. The van der Waals surface area contributed by atoms with Gasteiger partial charge < -0.3 is 49.4 Å². The van der Waals surface area contributed by atoms with Crippen LogP contribution >= 0.6 is 117 Å². The molecule has 8 aromatic carbocycles. The van der Waals surface area contributed by atoms with Crippen LogP contribution in [-0.2, 0) is 14.2 Å². The molecule has 450 valence electrons. The van der Waals surface area contributed by atoms with E-state index in [0.717, 1.165) is 0 Å². The van der Waals surface area contributed by atoms with Gasteiger partial charge in [0.15, 0.2) is 11.2 Å². The number of oxazole rings is 2. The zero-order valence-corrected chi connectivity index (χ0v) is 52.1. The molecule has 0 aliphatic heterocycles. The van der Waals surface area contributed by atoms with Gasteiger partial charge in [-0.05, 0) is 157 Å². The third-order valence-corrected chi connectivity index (χ3v) is 13.0. The van der Waals surface area contributed by atoms with Gasteiger partial charge in [0.05, 0.1) is 55.0 Å². The number of phenols is 2. The van der Waals surface area contributed by atoms with E-state index in [4.69, 9.17) is 129 Å². The number of aromatic carboxylic acids is 1. The lowest BCUT2D eigenvalue weighted by Crippen LogP contribution is -2.12. The molecule has 10 rings (SSSR count). The Kier molecular flexibility index (Phi) is 25.8. The number of carbonyl (C=O) groups is 6. The zero-order chi connectivity index (χ0) is 63.1. The van der Waals surface area contributed by atoms with Crippen molar-refractivity contribution in [1.82, 2.24) is 9.97 Å². The third kappa shape index (κ3) is 20.0. The topological polar surface area (TPSA) is 281 Å². The molecule has 6 N–H and O–H groups in total. The van der Waals surface area contributed by atoms with Gasteiger partial charge in [0.25, 0.3) is 11.1 Å². The van der Waals surface area contributed by atoms with E-state index < -0.39 is 35.0 Å². The number of nitrogens with two attached hydrogens (primary N) is 1. The second-order valence-corrected chi connectivity index (χ2v) is 20.9. The molecule has 0 saturated carbocycles. The fraction of sp³-hybridized carbons (Fsp3) is 0.0508. The Hall–Kier alpha value is -7.98. The van der Waals surface area contributed by atoms with Gasteiger partial charge in [-0.15, -0.1) is 12.4 Å². The van der Waals surface area contributed by atoms with E-state index in [1.165, 1.54) is 106 Å². The number of carbonyl (C=O) groups excluding carboxylic acids is 5. The van der Waals surface area contributed by atoms with E-state index in [0.29, 0.717) is 96.4 Å². The maximum absolute atomic E-state index is 12.1. The smallest absolute Gasteiger partial charge is 0.337 e. The van der Waals surface area contributed by atoms with Crippen molar-refractivity contribution in [2.45, 2.75) is 0 Å². The van der Waals surface area contributed by atoms with Crippen molar-refractivity contribution in [3.8, 4) is 34.4 Å². The summed E-state index contributed by atoms with van der Waals surface area (Å²) in [6.45, 7) is 0. The molecule has 18 nitrogen and oxygen atoms in total. The highest BCUT2D eigenvalue weighted by Crippen LogP contribution is 2.33. The number of fused-ring (bicyclic) bond motifs is 2. The number of hydrogen-bond acceptors (Lipinski definition) is 16. The van der Waals surface area contributed by atoms with Crippen LogP contribution in [0.2, 0.25) is 40.2 Å². The van der Waals surface area contributed by atoms with Crippen molar-refractivity contribution < 1.29 is 67.1 Å².